The maximum Gasteiger partial charge on any atom is 0.256 e. The quantitative estimate of drug-likeness (QED) is 0.420. The van der Waals surface area contributed by atoms with Crippen molar-refractivity contribution >= 4 is 11.8 Å². The summed E-state index contributed by atoms with van der Waals surface area (Å²) in [7, 11) is 0. The van der Waals surface area contributed by atoms with Gasteiger partial charge in [-0.2, -0.15) is 5.06 Å². The van der Waals surface area contributed by atoms with Gasteiger partial charge in [0.05, 0.1) is 0 Å². The van der Waals surface area contributed by atoms with Crippen LogP contribution in [0.3, 0.4) is 0 Å². The summed E-state index contributed by atoms with van der Waals surface area (Å²) in [6, 6.07) is 0. The van der Waals surface area contributed by atoms with E-state index in [4.69, 9.17) is 5.21 Å². The highest BCUT2D eigenvalue weighted by Gasteiger charge is 2.36. The third-order valence-electron chi connectivity index (χ3n) is 1.71. The molecule has 1 fully saturated rings. The monoisotopic (exact) mass is 143 g/mol. The van der Waals surface area contributed by atoms with E-state index < -0.39 is 11.8 Å². The van der Waals surface area contributed by atoms with Gasteiger partial charge >= 0.3 is 0 Å². The molecule has 1 aliphatic heterocycles. The lowest BCUT2D eigenvalue weighted by molar-refractivity contribution is -0.172. The van der Waals surface area contributed by atoms with Gasteiger partial charge in [-0.25, -0.2) is 0 Å². The van der Waals surface area contributed by atoms with Gasteiger partial charge in [-0.15, -0.1) is 0 Å². The van der Waals surface area contributed by atoms with Crippen molar-refractivity contribution < 1.29 is 14.8 Å². The van der Waals surface area contributed by atoms with Gasteiger partial charge in [0.25, 0.3) is 11.8 Å². The summed E-state index contributed by atoms with van der Waals surface area (Å²) in [5.74, 6) is -1.25. The first-order valence-electron chi connectivity index (χ1n) is 3.22. The van der Waals surface area contributed by atoms with Crippen LogP contribution in [0, 0.1) is 5.92 Å². The third kappa shape index (κ3) is 0.903. The Hall–Kier alpha value is -0.900. The second-order valence-electron chi connectivity index (χ2n) is 2.35. The zero-order chi connectivity index (χ0) is 7.72. The Bertz CT molecular complexity index is 178. The van der Waals surface area contributed by atoms with E-state index in [2.05, 4.69) is 0 Å². The molecule has 1 saturated heterocycles. The molecule has 56 valence electrons. The minimum Gasteiger partial charge on any atom is -0.279 e. The second kappa shape index (κ2) is 2.38. The summed E-state index contributed by atoms with van der Waals surface area (Å²) in [6.07, 6.45) is 0.771. The smallest absolute Gasteiger partial charge is 0.256 e. The Labute approximate surface area is 58.4 Å². The molecule has 0 spiro atoms. The van der Waals surface area contributed by atoms with Gasteiger partial charge in [0, 0.05) is 12.3 Å². The Morgan fingerprint density at radius 1 is 1.70 bits per heavy atom. The maximum atomic E-state index is 10.8. The molecule has 2 amide bonds. The first kappa shape index (κ1) is 7.21. The van der Waals surface area contributed by atoms with Crippen LogP contribution in [0.2, 0.25) is 0 Å². The molecular formula is C6H9NO3. The van der Waals surface area contributed by atoms with Crippen molar-refractivity contribution in [3.63, 3.8) is 0 Å². The fraction of sp³-hybridized carbons (Fsp3) is 0.667. The molecule has 1 unspecified atom stereocenters. The Kier molecular flexibility index (Phi) is 1.72. The number of hydroxylamine groups is 2. The highest BCUT2D eigenvalue weighted by atomic mass is 16.5. The Morgan fingerprint density at radius 2 is 2.30 bits per heavy atom. The molecule has 10 heavy (non-hydrogen) atoms. The molecule has 0 saturated carbocycles. The summed E-state index contributed by atoms with van der Waals surface area (Å²) in [4.78, 5) is 21.4. The van der Waals surface area contributed by atoms with Gasteiger partial charge < -0.3 is 0 Å². The fourth-order valence-electron chi connectivity index (χ4n) is 0.999. The van der Waals surface area contributed by atoms with Gasteiger partial charge in [-0.3, -0.25) is 14.8 Å². The van der Waals surface area contributed by atoms with Crippen LogP contribution in [0.25, 0.3) is 0 Å². The number of rotatable bonds is 1. The molecule has 0 aromatic heterocycles. The molecule has 0 radical (unpaired) electrons. The summed E-state index contributed by atoms with van der Waals surface area (Å²) >= 11 is 0. The minimum absolute atomic E-state index is 0.159. The van der Waals surface area contributed by atoms with Crippen LogP contribution in [-0.2, 0) is 9.59 Å². The van der Waals surface area contributed by atoms with E-state index >= 15 is 0 Å². The number of imide groups is 1. The maximum absolute atomic E-state index is 10.8. The number of hydrogen-bond acceptors (Lipinski definition) is 3. The van der Waals surface area contributed by atoms with Gasteiger partial charge in [0.15, 0.2) is 0 Å². The highest BCUT2D eigenvalue weighted by Crippen LogP contribution is 2.19. The molecular weight excluding hydrogens is 134 g/mol. The van der Waals surface area contributed by atoms with Crippen molar-refractivity contribution in [2.45, 2.75) is 19.8 Å². The average molecular weight is 143 g/mol. The molecule has 1 atom stereocenters. The molecule has 0 aromatic rings. The minimum atomic E-state index is -0.489. The predicted octanol–water partition coefficient (Wildman–Crippen LogP) is 0.161. The van der Waals surface area contributed by atoms with E-state index in [1.807, 2.05) is 6.92 Å². The Balaban J connectivity index is 2.71. The van der Waals surface area contributed by atoms with Crippen molar-refractivity contribution in [2.75, 3.05) is 0 Å². The predicted molar refractivity (Wildman–Crippen MR) is 32.0 cm³/mol. The zero-order valence-electron chi connectivity index (χ0n) is 5.70. The SMILES string of the molecule is CCC1CC(=O)N(O)C1=O. The van der Waals surface area contributed by atoms with Gasteiger partial charge in [0.1, 0.15) is 0 Å². The van der Waals surface area contributed by atoms with E-state index in [9.17, 15) is 9.59 Å². The van der Waals surface area contributed by atoms with Crippen LogP contribution in [0.4, 0.5) is 0 Å². The number of amides is 2. The summed E-state index contributed by atoms with van der Waals surface area (Å²) in [6.45, 7) is 1.81. The zero-order valence-corrected chi connectivity index (χ0v) is 5.70. The van der Waals surface area contributed by atoms with E-state index in [1.165, 1.54) is 0 Å². The van der Waals surface area contributed by atoms with Crippen LogP contribution < -0.4 is 0 Å². The number of carbonyl (C=O) groups excluding carboxylic acids is 2. The van der Waals surface area contributed by atoms with Crippen molar-refractivity contribution in [1.82, 2.24) is 5.06 Å². The summed E-state index contributed by atoms with van der Waals surface area (Å²) < 4.78 is 0. The van der Waals surface area contributed by atoms with Crippen molar-refractivity contribution in [1.29, 1.82) is 0 Å². The molecule has 4 heteroatoms. The van der Waals surface area contributed by atoms with Gasteiger partial charge in [-0.05, 0) is 6.42 Å². The molecule has 1 heterocycles. The van der Waals surface area contributed by atoms with Crippen LogP contribution in [0.5, 0.6) is 0 Å². The van der Waals surface area contributed by atoms with Crippen LogP contribution in [0.15, 0.2) is 0 Å². The lowest BCUT2D eigenvalue weighted by Gasteiger charge is -2.02. The summed E-state index contributed by atoms with van der Waals surface area (Å²) in [5.41, 5.74) is 0. The largest absolute Gasteiger partial charge is 0.279 e. The van der Waals surface area contributed by atoms with Crippen molar-refractivity contribution in [2.24, 2.45) is 5.92 Å². The molecule has 1 N–H and O–H groups in total. The van der Waals surface area contributed by atoms with Crippen molar-refractivity contribution in [3.8, 4) is 0 Å². The van der Waals surface area contributed by atoms with Crippen LogP contribution >= 0.6 is 0 Å². The molecule has 0 bridgehead atoms. The number of hydrogen-bond donors (Lipinski definition) is 1. The van der Waals surface area contributed by atoms with Crippen molar-refractivity contribution in [3.05, 3.63) is 0 Å². The lowest BCUT2D eigenvalue weighted by atomic mass is 10.1. The van der Waals surface area contributed by atoms with E-state index in [0.717, 1.165) is 0 Å². The average Bonchev–Trinajstić information content (AvgIpc) is 2.17. The van der Waals surface area contributed by atoms with Crippen LogP contribution in [0.1, 0.15) is 19.8 Å². The second-order valence-corrected chi connectivity index (χ2v) is 2.35. The van der Waals surface area contributed by atoms with Gasteiger partial charge in [0.2, 0.25) is 0 Å². The normalized spacial score (nSPS) is 26.2. The Morgan fingerprint density at radius 3 is 2.50 bits per heavy atom. The number of carbonyl (C=O) groups is 2. The molecule has 4 nitrogen and oxygen atoms in total. The first-order chi connectivity index (χ1) is 4.66. The standard InChI is InChI=1S/C6H9NO3/c1-2-4-3-5(8)7(10)6(4)9/h4,10H,2-3H2,1H3. The highest BCUT2D eigenvalue weighted by molar-refractivity contribution is 6.01. The van der Waals surface area contributed by atoms with E-state index in [1.54, 1.807) is 0 Å². The molecule has 1 rings (SSSR count). The van der Waals surface area contributed by atoms with Gasteiger partial charge in [-0.1, -0.05) is 6.92 Å². The van der Waals surface area contributed by atoms with Crippen LogP contribution in [-0.4, -0.2) is 22.1 Å². The lowest BCUT2D eigenvalue weighted by Crippen LogP contribution is -2.26. The van der Waals surface area contributed by atoms with E-state index in [0.29, 0.717) is 6.42 Å². The molecule has 1 aliphatic rings. The van der Waals surface area contributed by atoms with E-state index in [-0.39, 0.29) is 17.4 Å². The summed E-state index contributed by atoms with van der Waals surface area (Å²) in [5, 5.41) is 8.92. The topological polar surface area (TPSA) is 57.6 Å². The third-order valence-corrected chi connectivity index (χ3v) is 1.71. The molecule has 0 aliphatic carbocycles. The molecule has 0 aromatic carbocycles. The number of nitrogens with zero attached hydrogens (tertiary/aromatic N) is 1. The fourth-order valence-corrected chi connectivity index (χ4v) is 0.999. The first-order valence-corrected chi connectivity index (χ1v) is 3.22.